The molecule has 0 unspecified atom stereocenters. The van der Waals surface area contributed by atoms with Crippen LogP contribution >= 0.6 is 23.1 Å². The number of nitrogens with one attached hydrogen (secondary N) is 1. The van der Waals surface area contributed by atoms with Crippen LogP contribution in [0, 0.1) is 0 Å². The highest BCUT2D eigenvalue weighted by Gasteiger charge is 2.18. The van der Waals surface area contributed by atoms with Crippen molar-refractivity contribution in [1.29, 1.82) is 0 Å². The predicted octanol–water partition coefficient (Wildman–Crippen LogP) is 3.45. The number of thioether (sulfide) groups is 1. The molecule has 0 fully saturated rings. The molecular formula is C16H18N2O4S2. The van der Waals surface area contributed by atoms with Gasteiger partial charge in [0.1, 0.15) is 5.75 Å². The van der Waals surface area contributed by atoms with Gasteiger partial charge in [0.2, 0.25) is 5.91 Å². The van der Waals surface area contributed by atoms with Crippen molar-refractivity contribution in [3.8, 4) is 5.75 Å². The summed E-state index contributed by atoms with van der Waals surface area (Å²) in [6, 6.07) is 7.49. The average Bonchev–Trinajstić information content (AvgIpc) is 3.04. The van der Waals surface area contributed by atoms with E-state index in [1.807, 2.05) is 31.2 Å². The Labute approximate surface area is 148 Å². The van der Waals surface area contributed by atoms with Crippen LogP contribution in [0.15, 0.2) is 34.5 Å². The van der Waals surface area contributed by atoms with Gasteiger partial charge in [0.05, 0.1) is 19.0 Å². The first kappa shape index (κ1) is 18.3. The number of anilines is 1. The lowest BCUT2D eigenvalue weighted by molar-refractivity contribution is -0.115. The standard InChI is InChI=1S/C16H18N2O4S2/c1-4-22-15(20)13-9-23-16(17-13)18-14(19)10(2)24-12-7-5-11(21-3)6-8-12/h5-10H,4H2,1-3H3,(H,17,18,19)/t10-/m0/s1. The number of methoxy groups -OCH3 is 1. The lowest BCUT2D eigenvalue weighted by Gasteiger charge is -2.10. The van der Waals surface area contributed by atoms with Crippen molar-refractivity contribution < 1.29 is 19.1 Å². The number of hydrogen-bond donors (Lipinski definition) is 1. The SMILES string of the molecule is CCOC(=O)c1csc(NC(=O)[C@H](C)Sc2ccc(OC)cc2)n1. The number of thiazole rings is 1. The van der Waals surface area contributed by atoms with E-state index >= 15 is 0 Å². The highest BCUT2D eigenvalue weighted by Crippen LogP contribution is 2.26. The summed E-state index contributed by atoms with van der Waals surface area (Å²) < 4.78 is 9.98. The van der Waals surface area contributed by atoms with Gasteiger partial charge >= 0.3 is 5.97 Å². The molecule has 1 heterocycles. The maximum Gasteiger partial charge on any atom is 0.357 e. The summed E-state index contributed by atoms with van der Waals surface area (Å²) in [6.45, 7) is 3.82. The molecule has 0 aliphatic rings. The van der Waals surface area contributed by atoms with Gasteiger partial charge in [-0.25, -0.2) is 9.78 Å². The summed E-state index contributed by atoms with van der Waals surface area (Å²) >= 11 is 2.62. The Balaban J connectivity index is 1.92. The van der Waals surface area contributed by atoms with Gasteiger partial charge in [0, 0.05) is 10.3 Å². The molecule has 6 nitrogen and oxygen atoms in total. The molecule has 0 aliphatic heterocycles. The summed E-state index contributed by atoms with van der Waals surface area (Å²) in [5.41, 5.74) is 0.201. The molecule has 0 spiro atoms. The molecule has 1 amide bonds. The maximum atomic E-state index is 12.2. The molecule has 0 radical (unpaired) electrons. The van der Waals surface area contributed by atoms with Crippen LogP contribution in [0.25, 0.3) is 0 Å². The van der Waals surface area contributed by atoms with Gasteiger partial charge in [-0.05, 0) is 38.1 Å². The molecule has 0 aliphatic carbocycles. The number of esters is 1. The number of carbonyl (C=O) groups excluding carboxylic acids is 2. The van der Waals surface area contributed by atoms with E-state index in [1.165, 1.54) is 23.1 Å². The zero-order valence-corrected chi connectivity index (χ0v) is 15.2. The maximum absolute atomic E-state index is 12.2. The van der Waals surface area contributed by atoms with Crippen molar-refractivity contribution in [3.63, 3.8) is 0 Å². The number of benzene rings is 1. The van der Waals surface area contributed by atoms with E-state index < -0.39 is 5.97 Å². The van der Waals surface area contributed by atoms with E-state index in [1.54, 1.807) is 19.4 Å². The Kier molecular flexibility index (Phi) is 6.62. The fourth-order valence-corrected chi connectivity index (χ4v) is 3.30. The van der Waals surface area contributed by atoms with E-state index in [2.05, 4.69) is 10.3 Å². The molecule has 0 bridgehead atoms. The Morgan fingerprint density at radius 1 is 1.33 bits per heavy atom. The summed E-state index contributed by atoms with van der Waals surface area (Å²) in [7, 11) is 1.61. The third-order valence-corrected chi connectivity index (χ3v) is 4.83. The van der Waals surface area contributed by atoms with Crippen LogP contribution in [-0.4, -0.2) is 35.8 Å². The first-order chi connectivity index (χ1) is 11.5. The molecule has 1 N–H and O–H groups in total. The largest absolute Gasteiger partial charge is 0.497 e. The third kappa shape index (κ3) is 4.97. The number of carbonyl (C=O) groups is 2. The van der Waals surface area contributed by atoms with Crippen molar-refractivity contribution in [1.82, 2.24) is 4.98 Å². The smallest absolute Gasteiger partial charge is 0.357 e. The first-order valence-corrected chi connectivity index (χ1v) is 9.03. The minimum atomic E-state index is -0.491. The second-order valence-electron chi connectivity index (χ2n) is 4.68. The molecule has 8 heteroatoms. The van der Waals surface area contributed by atoms with Crippen LogP contribution in [0.2, 0.25) is 0 Å². The van der Waals surface area contributed by atoms with Crippen LogP contribution < -0.4 is 10.1 Å². The van der Waals surface area contributed by atoms with Gasteiger partial charge in [-0.3, -0.25) is 4.79 Å². The summed E-state index contributed by atoms with van der Waals surface area (Å²) in [6.07, 6.45) is 0. The Bertz CT molecular complexity index is 700. The Morgan fingerprint density at radius 2 is 2.04 bits per heavy atom. The number of amides is 1. The lowest BCUT2D eigenvalue weighted by Crippen LogP contribution is -2.22. The average molecular weight is 366 g/mol. The quantitative estimate of drug-likeness (QED) is 0.597. The van der Waals surface area contributed by atoms with Crippen LogP contribution in [0.3, 0.4) is 0 Å². The third-order valence-electron chi connectivity index (χ3n) is 2.96. The summed E-state index contributed by atoms with van der Waals surface area (Å²) in [5, 5.41) is 4.35. The number of hydrogen-bond acceptors (Lipinski definition) is 7. The molecule has 128 valence electrons. The van der Waals surface area contributed by atoms with Crippen molar-refractivity contribution in [2.24, 2.45) is 0 Å². The van der Waals surface area contributed by atoms with E-state index in [9.17, 15) is 9.59 Å². The molecule has 1 atom stereocenters. The van der Waals surface area contributed by atoms with Gasteiger partial charge in [-0.2, -0.15) is 0 Å². The summed E-state index contributed by atoms with van der Waals surface area (Å²) in [4.78, 5) is 28.8. The van der Waals surface area contributed by atoms with Crippen molar-refractivity contribution in [2.45, 2.75) is 24.0 Å². The second-order valence-corrected chi connectivity index (χ2v) is 6.96. The highest BCUT2D eigenvalue weighted by molar-refractivity contribution is 8.00. The normalized spacial score (nSPS) is 11.6. The molecule has 2 rings (SSSR count). The molecule has 1 aromatic heterocycles. The van der Waals surface area contributed by atoms with E-state index in [0.29, 0.717) is 5.13 Å². The minimum Gasteiger partial charge on any atom is -0.497 e. The molecular weight excluding hydrogens is 348 g/mol. The van der Waals surface area contributed by atoms with Gasteiger partial charge < -0.3 is 14.8 Å². The molecule has 24 heavy (non-hydrogen) atoms. The van der Waals surface area contributed by atoms with Crippen molar-refractivity contribution in [3.05, 3.63) is 35.3 Å². The Morgan fingerprint density at radius 3 is 2.67 bits per heavy atom. The monoisotopic (exact) mass is 366 g/mol. The number of ether oxygens (including phenoxy) is 2. The van der Waals surface area contributed by atoms with Gasteiger partial charge in [-0.1, -0.05) is 0 Å². The second kappa shape index (κ2) is 8.70. The van der Waals surface area contributed by atoms with Gasteiger partial charge in [0.15, 0.2) is 10.8 Å². The topological polar surface area (TPSA) is 77.5 Å². The molecule has 0 saturated carbocycles. The molecule has 2 aromatic rings. The van der Waals surface area contributed by atoms with Crippen LogP contribution in [-0.2, 0) is 9.53 Å². The lowest BCUT2D eigenvalue weighted by atomic mass is 10.3. The first-order valence-electron chi connectivity index (χ1n) is 7.27. The fourth-order valence-electron chi connectivity index (χ4n) is 1.75. The van der Waals surface area contributed by atoms with E-state index in [4.69, 9.17) is 9.47 Å². The zero-order valence-electron chi connectivity index (χ0n) is 13.6. The van der Waals surface area contributed by atoms with Crippen molar-refractivity contribution >= 4 is 40.1 Å². The fraction of sp³-hybridized carbons (Fsp3) is 0.312. The van der Waals surface area contributed by atoms with E-state index in [0.717, 1.165) is 10.6 Å². The number of aromatic nitrogens is 1. The minimum absolute atomic E-state index is 0.180. The van der Waals surface area contributed by atoms with Crippen molar-refractivity contribution in [2.75, 3.05) is 19.0 Å². The zero-order chi connectivity index (χ0) is 17.5. The predicted molar refractivity (Wildman–Crippen MR) is 95.0 cm³/mol. The number of rotatable bonds is 7. The van der Waals surface area contributed by atoms with Crippen LogP contribution in [0.5, 0.6) is 5.75 Å². The van der Waals surface area contributed by atoms with Crippen LogP contribution in [0.4, 0.5) is 5.13 Å². The molecule has 0 saturated heterocycles. The van der Waals surface area contributed by atoms with Gasteiger partial charge in [0.25, 0.3) is 0 Å². The number of nitrogens with zero attached hydrogens (tertiary/aromatic N) is 1. The summed E-state index contributed by atoms with van der Waals surface area (Å²) in [5.74, 6) is 0.0983. The van der Waals surface area contributed by atoms with Crippen LogP contribution in [0.1, 0.15) is 24.3 Å². The van der Waals surface area contributed by atoms with Gasteiger partial charge in [-0.15, -0.1) is 23.1 Å². The Hall–Kier alpha value is -2.06. The molecule has 1 aromatic carbocycles. The van der Waals surface area contributed by atoms with E-state index in [-0.39, 0.29) is 23.5 Å². The highest BCUT2D eigenvalue weighted by atomic mass is 32.2.